The minimum atomic E-state index is -0.147. The van der Waals surface area contributed by atoms with Crippen molar-refractivity contribution in [1.82, 2.24) is 25.2 Å². The van der Waals surface area contributed by atoms with Crippen molar-refractivity contribution in [1.29, 1.82) is 0 Å². The van der Waals surface area contributed by atoms with Crippen LogP contribution in [-0.4, -0.2) is 81.5 Å². The molecule has 3 atom stereocenters. The Morgan fingerprint density at radius 2 is 1.91 bits per heavy atom. The molecule has 2 aromatic carbocycles. The monoisotopic (exact) mass is 602 g/mol. The molecule has 0 aliphatic carbocycles. The molecule has 2 bridgehead atoms. The van der Waals surface area contributed by atoms with Gasteiger partial charge in [0, 0.05) is 37.3 Å². The number of benzene rings is 2. The Balaban J connectivity index is 1.21. The highest BCUT2D eigenvalue weighted by Crippen LogP contribution is 2.45. The van der Waals surface area contributed by atoms with E-state index in [1.54, 1.807) is 6.07 Å². The first-order valence-electron chi connectivity index (χ1n) is 16.2. The summed E-state index contributed by atoms with van der Waals surface area (Å²) in [5.74, 6) is 1.57. The van der Waals surface area contributed by atoms with Crippen LogP contribution >= 0.6 is 0 Å². The molecular formula is C36H38N6O3. The molecule has 5 aliphatic rings. The number of ether oxygens (including phenoxy) is 2. The van der Waals surface area contributed by atoms with Crippen LogP contribution in [0, 0.1) is 0 Å². The maximum atomic E-state index is 10.8. The minimum absolute atomic E-state index is 0.131. The van der Waals surface area contributed by atoms with Crippen LogP contribution in [0.5, 0.6) is 17.6 Å². The van der Waals surface area contributed by atoms with Gasteiger partial charge in [-0.25, -0.2) is 4.98 Å². The van der Waals surface area contributed by atoms with Crippen molar-refractivity contribution in [3.8, 4) is 28.9 Å². The standard InChI is InChI=1S/C36H38N6O3/c1-4-22-6-5-7-23-10-25(43)11-26(31(22)23)28-12-29-32-33(42-17-24-8-9-27(37-24)30(42)18-44-34(32)38-28)40-35(39-29)45-19-36-13-20(2)15-41(36)16-21(3)14-36/h5-7,10-12,24,27,30,37,43H,2-4,8-9,13-19H2,1H3/t24-,27+,30?/m0/s1. The highest BCUT2D eigenvalue weighted by atomic mass is 16.5. The predicted molar refractivity (Wildman–Crippen MR) is 175 cm³/mol. The molecule has 0 amide bonds. The van der Waals surface area contributed by atoms with Gasteiger partial charge in [0.1, 0.15) is 30.2 Å². The van der Waals surface area contributed by atoms with Gasteiger partial charge >= 0.3 is 6.01 Å². The van der Waals surface area contributed by atoms with Crippen molar-refractivity contribution in [2.24, 2.45) is 0 Å². The first-order valence-corrected chi connectivity index (χ1v) is 16.2. The maximum absolute atomic E-state index is 10.8. The van der Waals surface area contributed by atoms with Crippen LogP contribution in [0.15, 0.2) is 60.7 Å². The van der Waals surface area contributed by atoms with Gasteiger partial charge in [0.05, 0.1) is 22.8 Å². The van der Waals surface area contributed by atoms with Gasteiger partial charge < -0.3 is 24.8 Å². The number of hydrogen-bond donors (Lipinski definition) is 2. The third-order valence-electron chi connectivity index (χ3n) is 10.7. The molecule has 9 rings (SSSR count). The van der Waals surface area contributed by atoms with Gasteiger partial charge in [-0.05, 0) is 66.6 Å². The summed E-state index contributed by atoms with van der Waals surface area (Å²) in [6.07, 6.45) is 4.91. The lowest BCUT2D eigenvalue weighted by atomic mass is 9.92. The molecule has 0 spiro atoms. The zero-order valence-corrected chi connectivity index (χ0v) is 25.7. The lowest BCUT2D eigenvalue weighted by Gasteiger charge is -2.40. The average molecular weight is 603 g/mol. The van der Waals surface area contributed by atoms with Crippen molar-refractivity contribution in [3.63, 3.8) is 0 Å². The third kappa shape index (κ3) is 4.24. The van der Waals surface area contributed by atoms with Gasteiger partial charge in [0.15, 0.2) is 0 Å². The maximum Gasteiger partial charge on any atom is 0.319 e. The first kappa shape index (κ1) is 27.1. The highest BCUT2D eigenvalue weighted by Gasteiger charge is 2.48. The molecule has 7 heterocycles. The van der Waals surface area contributed by atoms with Crippen LogP contribution in [0.1, 0.15) is 38.2 Å². The highest BCUT2D eigenvalue weighted by molar-refractivity contribution is 6.02. The summed E-state index contributed by atoms with van der Waals surface area (Å²) in [5.41, 5.74) is 5.82. The van der Waals surface area contributed by atoms with Gasteiger partial charge in [0.25, 0.3) is 0 Å². The van der Waals surface area contributed by atoms with Crippen LogP contribution in [0.4, 0.5) is 5.82 Å². The van der Waals surface area contributed by atoms with Crippen LogP contribution in [0.3, 0.4) is 0 Å². The second-order valence-electron chi connectivity index (χ2n) is 13.7. The molecule has 9 heteroatoms. The Bertz CT molecular complexity index is 1900. The second kappa shape index (κ2) is 9.89. The molecule has 9 nitrogen and oxygen atoms in total. The summed E-state index contributed by atoms with van der Waals surface area (Å²) in [6, 6.07) is 13.1. The number of pyridine rings is 1. The minimum Gasteiger partial charge on any atom is -0.508 e. The summed E-state index contributed by atoms with van der Waals surface area (Å²) in [7, 11) is 0. The Hall–Kier alpha value is -4.21. The zero-order valence-electron chi connectivity index (χ0n) is 25.7. The van der Waals surface area contributed by atoms with E-state index in [0.717, 1.165) is 84.8 Å². The SMILES string of the molecule is C=C1CN2CC(=C)CC2(COc2nc3c4c(nc(-c5cc(O)cc6cccc(CC)c56)cc4n2)OCC2[C@H]4CC[C@@H](CN32)N4)C1. The topological polar surface area (TPSA) is 95.9 Å². The predicted octanol–water partition coefficient (Wildman–Crippen LogP) is 5.15. The zero-order chi connectivity index (χ0) is 30.4. The molecule has 230 valence electrons. The van der Waals surface area contributed by atoms with Crippen molar-refractivity contribution < 1.29 is 14.6 Å². The van der Waals surface area contributed by atoms with E-state index < -0.39 is 0 Å². The summed E-state index contributed by atoms with van der Waals surface area (Å²) in [4.78, 5) is 20.1. The molecule has 2 aromatic heterocycles. The number of aromatic nitrogens is 3. The van der Waals surface area contributed by atoms with Gasteiger partial charge in [0.2, 0.25) is 5.88 Å². The van der Waals surface area contributed by atoms with E-state index in [1.807, 2.05) is 24.3 Å². The molecule has 1 unspecified atom stereocenters. The number of piperazine rings is 1. The van der Waals surface area contributed by atoms with Gasteiger partial charge in [-0.15, -0.1) is 0 Å². The molecule has 4 fully saturated rings. The molecule has 0 radical (unpaired) electrons. The Labute approximate surface area is 262 Å². The van der Waals surface area contributed by atoms with E-state index in [9.17, 15) is 5.11 Å². The number of aryl methyl sites for hydroxylation is 1. The van der Waals surface area contributed by atoms with Crippen LogP contribution in [0.25, 0.3) is 32.9 Å². The van der Waals surface area contributed by atoms with E-state index in [-0.39, 0.29) is 17.3 Å². The second-order valence-corrected chi connectivity index (χ2v) is 13.7. The molecule has 2 N–H and O–H groups in total. The van der Waals surface area contributed by atoms with Gasteiger partial charge in [-0.2, -0.15) is 9.97 Å². The summed E-state index contributed by atoms with van der Waals surface area (Å²) >= 11 is 0. The molecular weight excluding hydrogens is 564 g/mol. The quantitative estimate of drug-likeness (QED) is 0.301. The van der Waals surface area contributed by atoms with Crippen molar-refractivity contribution in [2.45, 2.75) is 62.7 Å². The first-order chi connectivity index (χ1) is 21.9. The number of aromatic hydroxyl groups is 1. The van der Waals surface area contributed by atoms with E-state index >= 15 is 0 Å². The smallest absolute Gasteiger partial charge is 0.319 e. The number of fused-ring (bicyclic) bond motifs is 7. The van der Waals surface area contributed by atoms with Crippen LogP contribution in [0.2, 0.25) is 0 Å². The summed E-state index contributed by atoms with van der Waals surface area (Å²) in [6.45, 7) is 14.3. The van der Waals surface area contributed by atoms with Crippen LogP contribution < -0.4 is 19.7 Å². The Kier molecular flexibility index (Phi) is 5.96. The lowest BCUT2D eigenvalue weighted by molar-refractivity contribution is 0.108. The molecule has 45 heavy (non-hydrogen) atoms. The summed E-state index contributed by atoms with van der Waals surface area (Å²) < 4.78 is 13.1. The normalized spacial score (nSPS) is 25.0. The average Bonchev–Trinajstić information content (AvgIpc) is 3.61. The van der Waals surface area contributed by atoms with Crippen molar-refractivity contribution >= 4 is 27.5 Å². The lowest BCUT2D eigenvalue weighted by Crippen LogP contribution is -2.60. The molecule has 0 saturated carbocycles. The fourth-order valence-electron chi connectivity index (χ4n) is 8.74. The fourth-order valence-corrected chi connectivity index (χ4v) is 8.74. The molecule has 5 aliphatic heterocycles. The number of nitrogens with zero attached hydrogens (tertiary/aromatic N) is 5. The van der Waals surface area contributed by atoms with Crippen LogP contribution in [-0.2, 0) is 6.42 Å². The summed E-state index contributed by atoms with van der Waals surface area (Å²) in [5, 5.41) is 17.4. The molecule has 4 saturated heterocycles. The largest absolute Gasteiger partial charge is 0.508 e. The van der Waals surface area contributed by atoms with Crippen molar-refractivity contribution in [3.05, 3.63) is 66.3 Å². The Morgan fingerprint density at radius 1 is 1.07 bits per heavy atom. The Morgan fingerprint density at radius 3 is 2.73 bits per heavy atom. The third-order valence-corrected chi connectivity index (χ3v) is 10.7. The number of anilines is 1. The van der Waals surface area contributed by atoms with E-state index in [4.69, 9.17) is 24.4 Å². The van der Waals surface area contributed by atoms with Gasteiger partial charge in [-0.3, -0.25) is 4.90 Å². The molecule has 4 aromatic rings. The van der Waals surface area contributed by atoms with E-state index in [1.165, 1.54) is 16.7 Å². The number of phenols is 1. The van der Waals surface area contributed by atoms with E-state index in [2.05, 4.69) is 41.3 Å². The number of phenolic OH excluding ortho intramolecular Hbond substituents is 1. The number of nitrogens with one attached hydrogen (secondary N) is 1. The van der Waals surface area contributed by atoms with E-state index in [0.29, 0.717) is 42.9 Å². The number of hydrogen-bond acceptors (Lipinski definition) is 9. The van der Waals surface area contributed by atoms with Gasteiger partial charge in [-0.1, -0.05) is 49.4 Å². The fraction of sp³-hybridized carbons (Fsp3) is 0.417. The van der Waals surface area contributed by atoms with Crippen molar-refractivity contribution in [2.75, 3.05) is 37.7 Å². The number of rotatable bonds is 5.